The number of nitrogens with one attached hydrogen (secondary N) is 3. The third-order valence-electron chi connectivity index (χ3n) is 2.64. The standard InChI is InChI=1S/C13H25N5O2S/c1-5-14-11-9-12(18-13(17-11)10(2)3)15-7-6-8-16-21(4,19)20/h9-10,16H,5-8H2,1-4H3,(H2,14,15,17,18). The molecule has 3 N–H and O–H groups in total. The van der Waals surface area contributed by atoms with Crippen molar-refractivity contribution in [3.05, 3.63) is 11.9 Å². The smallest absolute Gasteiger partial charge is 0.208 e. The molecule has 1 rings (SSSR count). The third-order valence-corrected chi connectivity index (χ3v) is 3.37. The lowest BCUT2D eigenvalue weighted by Gasteiger charge is -2.12. The van der Waals surface area contributed by atoms with Gasteiger partial charge in [-0.2, -0.15) is 0 Å². The molecule has 120 valence electrons. The highest BCUT2D eigenvalue weighted by Crippen LogP contribution is 2.16. The van der Waals surface area contributed by atoms with Crippen LogP contribution in [0, 0.1) is 0 Å². The first-order valence-electron chi connectivity index (χ1n) is 7.13. The molecular weight excluding hydrogens is 290 g/mol. The van der Waals surface area contributed by atoms with Gasteiger partial charge in [0.25, 0.3) is 0 Å². The number of hydrogen-bond acceptors (Lipinski definition) is 6. The van der Waals surface area contributed by atoms with E-state index < -0.39 is 10.0 Å². The van der Waals surface area contributed by atoms with Crippen LogP contribution in [0.25, 0.3) is 0 Å². The molecular formula is C13H25N5O2S. The summed E-state index contributed by atoms with van der Waals surface area (Å²) in [5, 5.41) is 6.38. The molecule has 0 aromatic carbocycles. The molecule has 1 heterocycles. The lowest BCUT2D eigenvalue weighted by atomic mass is 10.2. The van der Waals surface area contributed by atoms with E-state index in [1.165, 1.54) is 0 Å². The van der Waals surface area contributed by atoms with Gasteiger partial charge in [-0.3, -0.25) is 0 Å². The Morgan fingerprint density at radius 2 is 1.76 bits per heavy atom. The summed E-state index contributed by atoms with van der Waals surface area (Å²) in [7, 11) is -3.11. The van der Waals surface area contributed by atoms with E-state index in [0.29, 0.717) is 19.5 Å². The summed E-state index contributed by atoms with van der Waals surface area (Å²) < 4.78 is 24.3. The van der Waals surface area contributed by atoms with Gasteiger partial charge in [-0.05, 0) is 13.3 Å². The molecule has 0 aliphatic carbocycles. The number of aromatic nitrogens is 2. The molecule has 21 heavy (non-hydrogen) atoms. The molecule has 0 saturated heterocycles. The number of anilines is 2. The highest BCUT2D eigenvalue weighted by Gasteiger charge is 2.07. The number of sulfonamides is 1. The van der Waals surface area contributed by atoms with Crippen molar-refractivity contribution in [3.63, 3.8) is 0 Å². The Balaban J connectivity index is 2.57. The average Bonchev–Trinajstić information content (AvgIpc) is 2.37. The summed E-state index contributed by atoms with van der Waals surface area (Å²) >= 11 is 0. The fourth-order valence-electron chi connectivity index (χ4n) is 1.65. The molecule has 7 nitrogen and oxygen atoms in total. The van der Waals surface area contributed by atoms with Gasteiger partial charge in [-0.25, -0.2) is 23.1 Å². The van der Waals surface area contributed by atoms with Crippen molar-refractivity contribution >= 4 is 21.7 Å². The van der Waals surface area contributed by atoms with E-state index >= 15 is 0 Å². The minimum Gasteiger partial charge on any atom is -0.370 e. The summed E-state index contributed by atoms with van der Waals surface area (Å²) in [6.07, 6.45) is 1.84. The van der Waals surface area contributed by atoms with Crippen molar-refractivity contribution in [2.45, 2.75) is 33.1 Å². The zero-order valence-corrected chi connectivity index (χ0v) is 13.9. The largest absolute Gasteiger partial charge is 0.370 e. The molecule has 1 aromatic rings. The molecule has 0 aliphatic heterocycles. The highest BCUT2D eigenvalue weighted by molar-refractivity contribution is 7.88. The Labute approximate surface area is 127 Å². The van der Waals surface area contributed by atoms with Crippen LogP contribution in [0.2, 0.25) is 0 Å². The second kappa shape index (κ2) is 8.14. The van der Waals surface area contributed by atoms with Crippen molar-refractivity contribution in [1.82, 2.24) is 14.7 Å². The first kappa shape index (κ1) is 17.6. The normalized spacial score (nSPS) is 11.7. The Kier molecular flexibility index (Phi) is 6.83. The zero-order valence-electron chi connectivity index (χ0n) is 13.1. The fourth-order valence-corrected chi connectivity index (χ4v) is 2.16. The van der Waals surface area contributed by atoms with E-state index in [4.69, 9.17) is 0 Å². The molecule has 0 amide bonds. The minimum absolute atomic E-state index is 0.246. The van der Waals surface area contributed by atoms with E-state index in [9.17, 15) is 8.42 Å². The van der Waals surface area contributed by atoms with Crippen LogP contribution >= 0.6 is 0 Å². The van der Waals surface area contributed by atoms with E-state index in [-0.39, 0.29) is 5.92 Å². The quantitative estimate of drug-likeness (QED) is 0.596. The molecule has 1 aromatic heterocycles. The van der Waals surface area contributed by atoms with Crippen molar-refractivity contribution in [2.24, 2.45) is 0 Å². The van der Waals surface area contributed by atoms with Crippen LogP contribution in [-0.4, -0.2) is 44.3 Å². The summed E-state index contributed by atoms with van der Waals surface area (Å²) in [6.45, 7) is 7.96. The van der Waals surface area contributed by atoms with Crippen LogP contribution in [0.1, 0.15) is 38.9 Å². The highest BCUT2D eigenvalue weighted by atomic mass is 32.2. The van der Waals surface area contributed by atoms with E-state index in [0.717, 1.165) is 30.3 Å². The maximum absolute atomic E-state index is 10.9. The van der Waals surface area contributed by atoms with Gasteiger partial charge in [-0.1, -0.05) is 13.8 Å². The van der Waals surface area contributed by atoms with Crippen molar-refractivity contribution in [3.8, 4) is 0 Å². The van der Waals surface area contributed by atoms with Crippen LogP contribution in [-0.2, 0) is 10.0 Å². The Morgan fingerprint density at radius 3 is 2.29 bits per heavy atom. The minimum atomic E-state index is -3.11. The number of rotatable bonds is 9. The third kappa shape index (κ3) is 7.24. The molecule has 0 unspecified atom stereocenters. The fraction of sp³-hybridized carbons (Fsp3) is 0.692. The van der Waals surface area contributed by atoms with Crippen LogP contribution in [0.15, 0.2) is 6.07 Å². The van der Waals surface area contributed by atoms with Crippen LogP contribution in [0.3, 0.4) is 0 Å². The Hall–Kier alpha value is -1.41. The van der Waals surface area contributed by atoms with Gasteiger partial charge in [0.2, 0.25) is 10.0 Å². The summed E-state index contributed by atoms with van der Waals surface area (Å²) in [6, 6.07) is 1.86. The van der Waals surface area contributed by atoms with Gasteiger partial charge < -0.3 is 10.6 Å². The molecule has 0 bridgehead atoms. The van der Waals surface area contributed by atoms with Crippen molar-refractivity contribution in [2.75, 3.05) is 36.5 Å². The molecule has 0 fully saturated rings. The first-order chi connectivity index (χ1) is 9.81. The molecule has 8 heteroatoms. The first-order valence-corrected chi connectivity index (χ1v) is 9.02. The predicted octanol–water partition coefficient (Wildman–Crippen LogP) is 1.38. The lowest BCUT2D eigenvalue weighted by Crippen LogP contribution is -2.24. The maximum atomic E-state index is 10.9. The summed E-state index contributed by atoms with van der Waals surface area (Å²) in [4.78, 5) is 8.91. The van der Waals surface area contributed by atoms with Gasteiger partial charge in [-0.15, -0.1) is 0 Å². The Bertz CT molecular complexity index is 545. The van der Waals surface area contributed by atoms with Crippen LogP contribution < -0.4 is 15.4 Å². The monoisotopic (exact) mass is 315 g/mol. The number of hydrogen-bond donors (Lipinski definition) is 3. The maximum Gasteiger partial charge on any atom is 0.208 e. The second-order valence-electron chi connectivity index (χ2n) is 5.13. The zero-order chi connectivity index (χ0) is 15.9. The van der Waals surface area contributed by atoms with Gasteiger partial charge in [0, 0.05) is 31.6 Å². The molecule has 0 saturated carbocycles. The molecule has 0 radical (unpaired) electrons. The van der Waals surface area contributed by atoms with E-state index in [1.807, 2.05) is 26.8 Å². The van der Waals surface area contributed by atoms with Crippen LogP contribution in [0.4, 0.5) is 11.6 Å². The van der Waals surface area contributed by atoms with Gasteiger partial charge in [0.1, 0.15) is 17.5 Å². The van der Waals surface area contributed by atoms with E-state index in [2.05, 4.69) is 25.3 Å². The van der Waals surface area contributed by atoms with Gasteiger partial charge >= 0.3 is 0 Å². The molecule has 0 aliphatic rings. The Morgan fingerprint density at radius 1 is 1.14 bits per heavy atom. The topological polar surface area (TPSA) is 96.0 Å². The van der Waals surface area contributed by atoms with Crippen LogP contribution in [0.5, 0.6) is 0 Å². The second-order valence-corrected chi connectivity index (χ2v) is 6.96. The lowest BCUT2D eigenvalue weighted by molar-refractivity contribution is 0.586. The van der Waals surface area contributed by atoms with E-state index in [1.54, 1.807) is 0 Å². The van der Waals surface area contributed by atoms with Crippen molar-refractivity contribution < 1.29 is 8.42 Å². The SMILES string of the molecule is CCNc1cc(NCCCNS(C)(=O)=O)nc(C(C)C)n1. The number of nitrogens with zero attached hydrogens (tertiary/aromatic N) is 2. The molecule has 0 atom stereocenters. The van der Waals surface area contributed by atoms with Crippen molar-refractivity contribution in [1.29, 1.82) is 0 Å². The predicted molar refractivity (Wildman–Crippen MR) is 86.2 cm³/mol. The summed E-state index contributed by atoms with van der Waals surface area (Å²) in [5.74, 6) is 2.58. The van der Waals surface area contributed by atoms with Gasteiger partial charge in [0.15, 0.2) is 0 Å². The summed E-state index contributed by atoms with van der Waals surface area (Å²) in [5.41, 5.74) is 0. The average molecular weight is 315 g/mol. The van der Waals surface area contributed by atoms with Gasteiger partial charge in [0.05, 0.1) is 6.26 Å². The molecule has 0 spiro atoms.